The maximum Gasteiger partial charge on any atom is 0.513 e. The van der Waals surface area contributed by atoms with Gasteiger partial charge in [0.25, 0.3) is 0 Å². The number of fused-ring (bicyclic) bond motifs is 1. The van der Waals surface area contributed by atoms with Crippen molar-refractivity contribution in [2.75, 3.05) is 6.61 Å². The molecule has 148 valence electrons. The van der Waals surface area contributed by atoms with E-state index in [0.717, 1.165) is 5.56 Å². The van der Waals surface area contributed by atoms with Gasteiger partial charge in [0.1, 0.15) is 5.75 Å². The second-order valence-corrected chi connectivity index (χ2v) is 8.66. The average molecular weight is 379 g/mol. The fourth-order valence-electron chi connectivity index (χ4n) is 5.18. The Morgan fingerprint density at radius 2 is 1.50 bits per heavy atom. The first-order valence-electron chi connectivity index (χ1n) is 9.90. The summed E-state index contributed by atoms with van der Waals surface area (Å²) in [5, 5.41) is 0. The molecule has 2 aromatic carbocycles. The number of hydrogen-bond acceptors (Lipinski definition) is 3. The van der Waals surface area contributed by atoms with Gasteiger partial charge in [-0.1, -0.05) is 75.7 Å². The van der Waals surface area contributed by atoms with Crippen LogP contribution in [0.5, 0.6) is 5.75 Å². The third-order valence-corrected chi connectivity index (χ3v) is 5.95. The van der Waals surface area contributed by atoms with Crippen molar-refractivity contribution in [3.63, 3.8) is 0 Å². The van der Waals surface area contributed by atoms with Gasteiger partial charge in [-0.3, -0.25) is 0 Å². The molecular weight excluding hydrogens is 348 g/mol. The second-order valence-electron chi connectivity index (χ2n) is 8.66. The second kappa shape index (κ2) is 7.46. The van der Waals surface area contributed by atoms with Crippen LogP contribution in [-0.2, 0) is 15.6 Å². The van der Waals surface area contributed by atoms with E-state index in [1.807, 2.05) is 12.1 Å². The fraction of sp³-hybridized carbons (Fsp3) is 0.400. The molecule has 0 aromatic heterocycles. The fourth-order valence-corrected chi connectivity index (χ4v) is 5.18. The van der Waals surface area contributed by atoms with E-state index in [2.05, 4.69) is 65.0 Å². The van der Waals surface area contributed by atoms with Gasteiger partial charge in [-0.2, -0.15) is 0 Å². The van der Waals surface area contributed by atoms with Gasteiger partial charge >= 0.3 is 6.16 Å². The SMILES string of the molecule is CCOC(=O)Oc1ccc(C=C(C)C2C(C)(C)c3ccccc3C2(C)C)cc1. The number of carbonyl (C=O) groups excluding carboxylic acids is 1. The molecule has 2 aromatic rings. The van der Waals surface area contributed by atoms with Crippen LogP contribution in [0.3, 0.4) is 0 Å². The van der Waals surface area contributed by atoms with Crippen LogP contribution in [0.4, 0.5) is 4.79 Å². The predicted molar refractivity (Wildman–Crippen MR) is 114 cm³/mol. The van der Waals surface area contributed by atoms with E-state index in [-0.39, 0.29) is 10.8 Å². The minimum atomic E-state index is -0.672. The lowest BCUT2D eigenvalue weighted by atomic mass is 9.66. The first kappa shape index (κ1) is 20.2. The Morgan fingerprint density at radius 1 is 0.964 bits per heavy atom. The molecular formula is C25H30O3. The van der Waals surface area contributed by atoms with Crippen molar-refractivity contribution in [3.05, 3.63) is 70.8 Å². The molecule has 0 heterocycles. The van der Waals surface area contributed by atoms with Gasteiger partial charge in [0.05, 0.1) is 6.61 Å². The molecule has 0 bridgehead atoms. The molecule has 0 radical (unpaired) electrons. The Morgan fingerprint density at radius 3 is 2.00 bits per heavy atom. The first-order chi connectivity index (χ1) is 13.2. The lowest BCUT2D eigenvalue weighted by molar-refractivity contribution is 0.104. The Labute approximate surface area is 168 Å². The highest BCUT2D eigenvalue weighted by atomic mass is 16.7. The van der Waals surface area contributed by atoms with E-state index in [1.54, 1.807) is 19.1 Å². The smallest absolute Gasteiger partial charge is 0.434 e. The third-order valence-electron chi connectivity index (χ3n) is 5.95. The maximum atomic E-state index is 11.4. The molecule has 0 N–H and O–H groups in total. The normalized spacial score (nSPS) is 17.9. The summed E-state index contributed by atoms with van der Waals surface area (Å²) in [7, 11) is 0. The molecule has 1 aliphatic carbocycles. The lowest BCUT2D eigenvalue weighted by Gasteiger charge is -2.37. The number of benzene rings is 2. The van der Waals surface area contributed by atoms with Crippen LogP contribution < -0.4 is 4.74 Å². The predicted octanol–water partition coefficient (Wildman–Crippen LogP) is 6.51. The van der Waals surface area contributed by atoms with Gasteiger partial charge in [-0.25, -0.2) is 4.79 Å². The quantitative estimate of drug-likeness (QED) is 0.449. The Kier molecular flexibility index (Phi) is 5.38. The molecule has 0 saturated heterocycles. The van der Waals surface area contributed by atoms with Crippen molar-refractivity contribution in [2.24, 2.45) is 5.92 Å². The van der Waals surface area contributed by atoms with E-state index >= 15 is 0 Å². The van der Waals surface area contributed by atoms with E-state index in [9.17, 15) is 4.79 Å². The topological polar surface area (TPSA) is 35.5 Å². The van der Waals surface area contributed by atoms with Crippen LogP contribution in [0.25, 0.3) is 6.08 Å². The van der Waals surface area contributed by atoms with Crippen LogP contribution in [0, 0.1) is 5.92 Å². The van der Waals surface area contributed by atoms with Gasteiger partial charge < -0.3 is 9.47 Å². The van der Waals surface area contributed by atoms with E-state index in [4.69, 9.17) is 9.47 Å². The summed E-state index contributed by atoms with van der Waals surface area (Å²) in [6.07, 6.45) is 1.57. The highest BCUT2D eigenvalue weighted by Gasteiger charge is 2.51. The summed E-state index contributed by atoms with van der Waals surface area (Å²) < 4.78 is 9.95. The molecule has 0 aliphatic heterocycles. The van der Waals surface area contributed by atoms with Crippen molar-refractivity contribution in [1.82, 2.24) is 0 Å². The van der Waals surface area contributed by atoms with Crippen LogP contribution in [0.15, 0.2) is 54.1 Å². The number of hydrogen-bond donors (Lipinski definition) is 0. The average Bonchev–Trinajstić information content (AvgIpc) is 2.79. The zero-order chi connectivity index (χ0) is 20.5. The van der Waals surface area contributed by atoms with E-state index in [1.165, 1.54) is 16.7 Å². The van der Waals surface area contributed by atoms with Crippen LogP contribution in [-0.4, -0.2) is 12.8 Å². The summed E-state index contributed by atoms with van der Waals surface area (Å²) in [5.41, 5.74) is 5.45. The number of ether oxygens (including phenoxy) is 2. The summed E-state index contributed by atoms with van der Waals surface area (Å²) in [4.78, 5) is 11.4. The van der Waals surface area contributed by atoms with E-state index < -0.39 is 6.16 Å². The summed E-state index contributed by atoms with van der Waals surface area (Å²) in [6, 6.07) is 16.4. The Hall–Kier alpha value is -2.55. The van der Waals surface area contributed by atoms with Gasteiger partial charge in [-0.05, 0) is 59.4 Å². The van der Waals surface area contributed by atoms with Crippen LogP contribution in [0.2, 0.25) is 0 Å². The molecule has 0 spiro atoms. The third kappa shape index (κ3) is 3.58. The number of allylic oxidation sites excluding steroid dienone is 1. The van der Waals surface area contributed by atoms with Crippen LogP contribution >= 0.6 is 0 Å². The van der Waals surface area contributed by atoms with Crippen molar-refractivity contribution in [2.45, 2.75) is 52.4 Å². The minimum Gasteiger partial charge on any atom is -0.434 e. The van der Waals surface area contributed by atoms with E-state index in [0.29, 0.717) is 18.3 Å². The molecule has 3 nitrogen and oxygen atoms in total. The van der Waals surface area contributed by atoms with Gasteiger partial charge in [0.2, 0.25) is 0 Å². The molecule has 0 fully saturated rings. The zero-order valence-electron chi connectivity index (χ0n) is 17.7. The molecule has 0 unspecified atom stereocenters. The van der Waals surface area contributed by atoms with Crippen molar-refractivity contribution in [3.8, 4) is 5.75 Å². The highest BCUT2D eigenvalue weighted by Crippen LogP contribution is 2.56. The van der Waals surface area contributed by atoms with Crippen LogP contribution in [0.1, 0.15) is 58.2 Å². The van der Waals surface area contributed by atoms with Crippen molar-refractivity contribution < 1.29 is 14.3 Å². The standard InChI is InChI=1S/C25H30O3/c1-7-27-23(26)28-19-14-12-18(13-15-19)16-17(2)22-24(3,4)20-10-8-9-11-21(20)25(22,5)6/h8-16,22H,7H2,1-6H3. The molecule has 0 atom stereocenters. The highest BCUT2D eigenvalue weighted by molar-refractivity contribution is 5.64. The Balaban J connectivity index is 1.87. The Bertz CT molecular complexity index is 853. The molecule has 0 saturated carbocycles. The maximum absolute atomic E-state index is 11.4. The molecule has 0 amide bonds. The summed E-state index contributed by atoms with van der Waals surface area (Å²) in [6.45, 7) is 13.7. The largest absolute Gasteiger partial charge is 0.513 e. The lowest BCUT2D eigenvalue weighted by Crippen LogP contribution is -2.34. The van der Waals surface area contributed by atoms with Gasteiger partial charge in [0, 0.05) is 0 Å². The number of carbonyl (C=O) groups is 1. The molecule has 1 aliphatic rings. The van der Waals surface area contributed by atoms with Crippen molar-refractivity contribution in [1.29, 1.82) is 0 Å². The van der Waals surface area contributed by atoms with Gasteiger partial charge in [0.15, 0.2) is 0 Å². The molecule has 3 rings (SSSR count). The number of rotatable bonds is 4. The first-order valence-corrected chi connectivity index (χ1v) is 9.90. The van der Waals surface area contributed by atoms with Gasteiger partial charge in [-0.15, -0.1) is 0 Å². The zero-order valence-corrected chi connectivity index (χ0v) is 17.7. The molecule has 28 heavy (non-hydrogen) atoms. The summed E-state index contributed by atoms with van der Waals surface area (Å²) >= 11 is 0. The van der Waals surface area contributed by atoms with Crippen molar-refractivity contribution >= 4 is 12.2 Å². The summed E-state index contributed by atoms with van der Waals surface area (Å²) in [5.74, 6) is 0.884. The monoisotopic (exact) mass is 378 g/mol. The molecule has 3 heteroatoms. The minimum absolute atomic E-state index is 0.0631.